The van der Waals surface area contributed by atoms with Gasteiger partial charge in [0.2, 0.25) is 0 Å². The van der Waals surface area contributed by atoms with E-state index in [2.05, 4.69) is 21.2 Å². The van der Waals surface area contributed by atoms with Crippen molar-refractivity contribution in [2.24, 2.45) is 0 Å². The molecule has 0 unspecified atom stereocenters. The molecule has 5 heteroatoms. The minimum Gasteiger partial charge on any atom is -0.503 e. The van der Waals surface area contributed by atoms with Gasteiger partial charge in [-0.05, 0) is 24.6 Å². The molecule has 0 saturated carbocycles. The van der Waals surface area contributed by atoms with Gasteiger partial charge in [0.1, 0.15) is 0 Å². The molecular formula is C12H10BrNO3. The van der Waals surface area contributed by atoms with Gasteiger partial charge in [-0.15, -0.1) is 0 Å². The number of aliphatic hydroxyl groups is 1. The number of Topliss-reactive ketones (excluding diaryl/α,β-unsaturated/α-hetero) is 1. The van der Waals surface area contributed by atoms with Crippen molar-refractivity contribution in [3.63, 3.8) is 0 Å². The number of benzene rings is 1. The highest BCUT2D eigenvalue weighted by Crippen LogP contribution is 2.30. The molecule has 0 aromatic heterocycles. The van der Waals surface area contributed by atoms with E-state index in [1.165, 1.54) is 6.92 Å². The molecule has 0 spiro atoms. The molecule has 88 valence electrons. The van der Waals surface area contributed by atoms with Crippen molar-refractivity contribution >= 4 is 27.6 Å². The summed E-state index contributed by atoms with van der Waals surface area (Å²) in [6, 6.07) is 6.64. The number of rotatable bonds is 2. The molecular weight excluding hydrogens is 286 g/mol. The van der Waals surface area contributed by atoms with Crippen molar-refractivity contribution in [3.05, 3.63) is 45.6 Å². The lowest BCUT2D eigenvalue weighted by atomic mass is 9.98. The van der Waals surface area contributed by atoms with Gasteiger partial charge in [0.25, 0.3) is 5.91 Å². The molecule has 1 aromatic carbocycles. The lowest BCUT2D eigenvalue weighted by molar-refractivity contribution is -0.119. The highest BCUT2D eigenvalue weighted by atomic mass is 79.9. The molecule has 0 radical (unpaired) electrons. The minimum atomic E-state index is -0.608. The van der Waals surface area contributed by atoms with Crippen molar-refractivity contribution < 1.29 is 14.7 Å². The van der Waals surface area contributed by atoms with Gasteiger partial charge in [0.15, 0.2) is 11.5 Å². The lowest BCUT2D eigenvalue weighted by Crippen LogP contribution is -2.23. The third-order valence-electron chi connectivity index (χ3n) is 2.62. The summed E-state index contributed by atoms with van der Waals surface area (Å²) in [5, 5.41) is 12.1. The number of halogens is 1. The molecule has 1 aliphatic heterocycles. The van der Waals surface area contributed by atoms with Crippen LogP contribution in [0.1, 0.15) is 18.5 Å². The van der Waals surface area contributed by atoms with E-state index in [1.807, 2.05) is 12.1 Å². The SMILES string of the molecule is CC(=O)C1=C(O)C(=O)N[C@H]1c1ccc(Br)cc1. The zero-order valence-corrected chi connectivity index (χ0v) is 10.6. The number of amides is 1. The zero-order valence-electron chi connectivity index (χ0n) is 9.03. The first-order chi connectivity index (χ1) is 8.00. The second-order valence-electron chi connectivity index (χ2n) is 3.78. The van der Waals surface area contributed by atoms with Crippen LogP contribution in [-0.4, -0.2) is 16.8 Å². The molecule has 4 nitrogen and oxygen atoms in total. The third-order valence-corrected chi connectivity index (χ3v) is 3.15. The van der Waals surface area contributed by atoms with Gasteiger partial charge in [-0.25, -0.2) is 0 Å². The normalized spacial score (nSPS) is 19.4. The van der Waals surface area contributed by atoms with E-state index < -0.39 is 17.7 Å². The summed E-state index contributed by atoms with van der Waals surface area (Å²) in [6.07, 6.45) is 0. The van der Waals surface area contributed by atoms with Gasteiger partial charge in [-0.1, -0.05) is 28.1 Å². The summed E-state index contributed by atoms with van der Waals surface area (Å²) in [5.41, 5.74) is 0.883. The summed E-state index contributed by atoms with van der Waals surface area (Å²) in [4.78, 5) is 22.8. The third kappa shape index (κ3) is 2.10. The highest BCUT2D eigenvalue weighted by Gasteiger charge is 2.35. The first-order valence-corrected chi connectivity index (χ1v) is 5.80. The fourth-order valence-corrected chi connectivity index (χ4v) is 2.07. The van der Waals surface area contributed by atoms with Gasteiger partial charge in [0, 0.05) is 4.47 Å². The first kappa shape index (κ1) is 11.9. The Labute approximate surface area is 106 Å². The van der Waals surface area contributed by atoms with Crippen molar-refractivity contribution in [2.45, 2.75) is 13.0 Å². The summed E-state index contributed by atoms with van der Waals surface area (Å²) in [6.45, 7) is 1.33. The fourth-order valence-electron chi connectivity index (χ4n) is 1.81. The van der Waals surface area contributed by atoms with Crippen LogP contribution in [-0.2, 0) is 9.59 Å². The average Bonchev–Trinajstić information content (AvgIpc) is 2.56. The van der Waals surface area contributed by atoms with Gasteiger partial charge in [-0.2, -0.15) is 0 Å². The molecule has 2 N–H and O–H groups in total. The van der Waals surface area contributed by atoms with Crippen molar-refractivity contribution in [1.29, 1.82) is 0 Å². The first-order valence-electron chi connectivity index (χ1n) is 5.01. The molecule has 2 rings (SSSR count). The Kier molecular flexibility index (Phi) is 3.02. The molecule has 1 aromatic rings. The predicted molar refractivity (Wildman–Crippen MR) is 65.4 cm³/mol. The van der Waals surface area contributed by atoms with Crippen LogP contribution in [0, 0.1) is 0 Å². The maximum atomic E-state index is 11.4. The van der Waals surface area contributed by atoms with E-state index in [-0.39, 0.29) is 11.4 Å². The van der Waals surface area contributed by atoms with Crippen molar-refractivity contribution in [3.8, 4) is 0 Å². The summed E-state index contributed by atoms with van der Waals surface area (Å²) >= 11 is 3.31. The average molecular weight is 296 g/mol. The fraction of sp³-hybridized carbons (Fsp3) is 0.167. The van der Waals surface area contributed by atoms with Gasteiger partial charge >= 0.3 is 0 Å². The second-order valence-corrected chi connectivity index (χ2v) is 4.69. The molecule has 0 aliphatic carbocycles. The van der Waals surface area contributed by atoms with Crippen LogP contribution in [0.15, 0.2) is 40.1 Å². The molecule has 0 fully saturated rings. The van der Waals surface area contributed by atoms with Crippen LogP contribution in [0.2, 0.25) is 0 Å². The van der Waals surface area contributed by atoms with E-state index in [9.17, 15) is 14.7 Å². The smallest absolute Gasteiger partial charge is 0.287 e. The molecule has 1 aliphatic rings. The monoisotopic (exact) mass is 295 g/mol. The van der Waals surface area contributed by atoms with Gasteiger partial charge in [-0.3, -0.25) is 9.59 Å². The van der Waals surface area contributed by atoms with E-state index in [1.54, 1.807) is 12.1 Å². The number of hydrogen-bond acceptors (Lipinski definition) is 3. The Balaban J connectivity index is 2.44. The molecule has 1 amide bonds. The topological polar surface area (TPSA) is 66.4 Å². The van der Waals surface area contributed by atoms with Crippen LogP contribution in [0.5, 0.6) is 0 Å². The number of carbonyl (C=O) groups is 2. The minimum absolute atomic E-state index is 0.123. The maximum absolute atomic E-state index is 11.4. The van der Waals surface area contributed by atoms with Crippen LogP contribution in [0.3, 0.4) is 0 Å². The van der Waals surface area contributed by atoms with E-state index in [0.717, 1.165) is 10.0 Å². The summed E-state index contributed by atoms with van der Waals surface area (Å²) in [5.74, 6) is -1.40. The molecule has 0 saturated heterocycles. The lowest BCUT2D eigenvalue weighted by Gasteiger charge is -2.13. The van der Waals surface area contributed by atoms with Crippen molar-refractivity contribution in [1.82, 2.24) is 5.32 Å². The summed E-state index contributed by atoms with van der Waals surface area (Å²) < 4.78 is 0.906. The standard InChI is InChI=1S/C12H10BrNO3/c1-6(15)9-10(14-12(17)11(9)16)7-2-4-8(13)5-3-7/h2-5,10,16H,1H3,(H,14,17)/t10-/m0/s1. The Morgan fingerprint density at radius 1 is 1.35 bits per heavy atom. The number of ketones is 1. The van der Waals surface area contributed by atoms with Gasteiger partial charge in [0.05, 0.1) is 11.6 Å². The predicted octanol–water partition coefficient (Wildman–Crippen LogP) is 2.02. The number of aliphatic hydroxyl groups excluding tert-OH is 1. The van der Waals surface area contributed by atoms with Gasteiger partial charge < -0.3 is 10.4 Å². The molecule has 17 heavy (non-hydrogen) atoms. The largest absolute Gasteiger partial charge is 0.503 e. The van der Waals surface area contributed by atoms with Crippen LogP contribution >= 0.6 is 15.9 Å². The van der Waals surface area contributed by atoms with E-state index in [4.69, 9.17) is 0 Å². The second kappa shape index (κ2) is 4.33. The van der Waals surface area contributed by atoms with E-state index >= 15 is 0 Å². The van der Waals surface area contributed by atoms with Crippen molar-refractivity contribution in [2.75, 3.05) is 0 Å². The summed E-state index contributed by atoms with van der Waals surface area (Å²) in [7, 11) is 0. The van der Waals surface area contributed by atoms with Crippen LogP contribution in [0.4, 0.5) is 0 Å². The van der Waals surface area contributed by atoms with Crippen LogP contribution < -0.4 is 5.32 Å². The Morgan fingerprint density at radius 3 is 2.47 bits per heavy atom. The number of nitrogens with one attached hydrogen (secondary N) is 1. The molecule has 1 heterocycles. The van der Waals surface area contributed by atoms with Crippen LogP contribution in [0.25, 0.3) is 0 Å². The highest BCUT2D eigenvalue weighted by molar-refractivity contribution is 9.10. The number of hydrogen-bond donors (Lipinski definition) is 2. The zero-order chi connectivity index (χ0) is 12.6. The Morgan fingerprint density at radius 2 is 1.94 bits per heavy atom. The Hall–Kier alpha value is -1.62. The van der Waals surface area contributed by atoms with E-state index in [0.29, 0.717) is 0 Å². The molecule has 1 atom stereocenters. The number of carbonyl (C=O) groups excluding carboxylic acids is 2. The molecule has 0 bridgehead atoms. The Bertz CT molecular complexity index is 519. The quantitative estimate of drug-likeness (QED) is 0.877. The maximum Gasteiger partial charge on any atom is 0.287 e.